The summed E-state index contributed by atoms with van der Waals surface area (Å²) in [7, 11) is 0. The molecule has 0 aromatic heterocycles. The van der Waals surface area contributed by atoms with Gasteiger partial charge in [-0.2, -0.15) is 4.79 Å². The number of carbonyl (C=O) groups is 2. The summed E-state index contributed by atoms with van der Waals surface area (Å²) in [6.07, 6.45) is 4.07. The maximum Gasteiger partial charge on any atom is 0.324 e. The van der Waals surface area contributed by atoms with Crippen molar-refractivity contribution in [2.75, 3.05) is 0 Å². The normalized spacial score (nSPS) is 16.6. The fraction of sp³-hybridized carbons (Fsp3) is 0.0625. The number of fused-ring (bicyclic) bond motifs is 2. The van der Waals surface area contributed by atoms with Gasteiger partial charge in [-0.15, -0.1) is 0 Å². The molecule has 4 heteroatoms. The molecule has 0 heterocycles. The van der Waals surface area contributed by atoms with Crippen molar-refractivity contribution in [1.82, 2.24) is 0 Å². The van der Waals surface area contributed by atoms with Gasteiger partial charge in [-0.05, 0) is 28.5 Å². The van der Waals surface area contributed by atoms with Crippen LogP contribution in [-0.4, -0.2) is 22.6 Å². The first-order chi connectivity index (χ1) is 9.70. The molecular formula is C16H10N2O2. The number of hydrogen-bond donors (Lipinski definition) is 0. The number of carbonyl (C=O) groups excluding carboxylic acids is 2. The molecule has 0 radical (unpaired) electrons. The number of allylic oxidation sites excluding steroid dienone is 1. The van der Waals surface area contributed by atoms with Gasteiger partial charge in [0.2, 0.25) is 0 Å². The van der Waals surface area contributed by atoms with Crippen molar-refractivity contribution in [3.63, 3.8) is 0 Å². The molecule has 96 valence electrons. The molecule has 1 atom stereocenters. The fourth-order valence-electron chi connectivity index (χ4n) is 2.43. The van der Waals surface area contributed by atoms with Crippen LogP contribution in [0.5, 0.6) is 0 Å². The maximum atomic E-state index is 12.4. The van der Waals surface area contributed by atoms with E-state index in [9.17, 15) is 9.59 Å². The topological polar surface area (TPSA) is 70.5 Å². The highest BCUT2D eigenvalue weighted by atomic mass is 16.1. The number of Topliss-reactive ketones (excluding diaryl/α,β-unsaturated/α-hetero) is 2. The van der Waals surface area contributed by atoms with Gasteiger partial charge in [-0.3, -0.25) is 9.59 Å². The summed E-state index contributed by atoms with van der Waals surface area (Å²) in [4.78, 5) is 26.8. The minimum Gasteiger partial charge on any atom is -0.361 e. The summed E-state index contributed by atoms with van der Waals surface area (Å²) in [5.74, 6) is -1.69. The Morgan fingerprint density at radius 1 is 1.20 bits per heavy atom. The molecule has 0 amide bonds. The third-order valence-electron chi connectivity index (χ3n) is 3.43. The number of nitrogens with zero attached hydrogens (tertiary/aromatic N) is 2. The van der Waals surface area contributed by atoms with Crippen LogP contribution in [0.4, 0.5) is 0 Å². The lowest BCUT2D eigenvalue weighted by molar-refractivity contribution is -0.117. The zero-order valence-electron chi connectivity index (χ0n) is 10.5. The molecule has 1 unspecified atom stereocenters. The third kappa shape index (κ3) is 1.88. The smallest absolute Gasteiger partial charge is 0.324 e. The molecule has 20 heavy (non-hydrogen) atoms. The Morgan fingerprint density at radius 2 is 1.90 bits per heavy atom. The van der Waals surface area contributed by atoms with Gasteiger partial charge in [0.15, 0.2) is 5.78 Å². The Bertz CT molecular complexity index is 814. The van der Waals surface area contributed by atoms with Crippen molar-refractivity contribution in [2.45, 2.75) is 0 Å². The highest BCUT2D eigenvalue weighted by Crippen LogP contribution is 2.28. The second-order valence-electron chi connectivity index (χ2n) is 4.63. The van der Waals surface area contributed by atoms with Crippen LogP contribution < -0.4 is 0 Å². The Balaban J connectivity index is 2.14. The quantitative estimate of drug-likeness (QED) is 0.361. The van der Waals surface area contributed by atoms with Crippen molar-refractivity contribution in [1.29, 1.82) is 0 Å². The highest BCUT2D eigenvalue weighted by molar-refractivity contribution is 6.35. The molecule has 4 nitrogen and oxygen atoms in total. The minimum absolute atomic E-state index is 0.266. The van der Waals surface area contributed by atoms with E-state index in [0.717, 1.165) is 22.6 Å². The summed E-state index contributed by atoms with van der Waals surface area (Å²) in [5.41, 5.74) is 9.73. The van der Waals surface area contributed by atoms with Gasteiger partial charge in [0.05, 0.1) is 0 Å². The zero-order valence-corrected chi connectivity index (χ0v) is 10.5. The number of hydrogen-bond acceptors (Lipinski definition) is 2. The number of ketones is 2. The first-order valence-electron chi connectivity index (χ1n) is 6.17. The summed E-state index contributed by atoms with van der Waals surface area (Å²) in [6, 6.07) is 11.5. The molecule has 0 bridgehead atoms. The van der Waals surface area contributed by atoms with Crippen LogP contribution in [0.25, 0.3) is 22.4 Å². The fourth-order valence-corrected chi connectivity index (χ4v) is 2.43. The molecule has 0 N–H and O–H groups in total. The van der Waals surface area contributed by atoms with Gasteiger partial charge < -0.3 is 5.53 Å². The predicted octanol–water partition coefficient (Wildman–Crippen LogP) is 2.54. The average Bonchev–Trinajstić information content (AvgIpc) is 2.46. The molecule has 0 saturated heterocycles. The minimum atomic E-state index is -0.903. The average molecular weight is 262 g/mol. The second kappa shape index (κ2) is 4.68. The van der Waals surface area contributed by atoms with Crippen molar-refractivity contribution >= 4 is 34.6 Å². The van der Waals surface area contributed by atoms with Crippen LogP contribution in [-0.2, 0) is 4.79 Å². The van der Waals surface area contributed by atoms with E-state index in [-0.39, 0.29) is 5.78 Å². The van der Waals surface area contributed by atoms with Gasteiger partial charge >= 0.3 is 6.21 Å². The van der Waals surface area contributed by atoms with Crippen LogP contribution in [0.3, 0.4) is 0 Å². The van der Waals surface area contributed by atoms with E-state index in [1.54, 1.807) is 18.2 Å². The van der Waals surface area contributed by atoms with Crippen LogP contribution >= 0.6 is 0 Å². The van der Waals surface area contributed by atoms with Crippen molar-refractivity contribution in [3.8, 4) is 0 Å². The summed E-state index contributed by atoms with van der Waals surface area (Å²) in [6.45, 7) is 0. The van der Waals surface area contributed by atoms with Gasteiger partial charge in [-0.25, -0.2) is 0 Å². The summed E-state index contributed by atoms with van der Waals surface area (Å²) >= 11 is 0. The van der Waals surface area contributed by atoms with Crippen molar-refractivity contribution < 1.29 is 14.4 Å². The molecule has 2 aromatic carbocycles. The Labute approximate surface area is 115 Å². The highest BCUT2D eigenvalue weighted by Gasteiger charge is 2.30. The lowest BCUT2D eigenvalue weighted by Crippen LogP contribution is -2.26. The van der Waals surface area contributed by atoms with Gasteiger partial charge in [-0.1, -0.05) is 36.4 Å². The summed E-state index contributed by atoms with van der Waals surface area (Å²) in [5, 5.41) is 2.00. The summed E-state index contributed by atoms with van der Waals surface area (Å²) < 4.78 is 0. The zero-order chi connectivity index (χ0) is 14.1. The van der Waals surface area contributed by atoms with E-state index >= 15 is 0 Å². The van der Waals surface area contributed by atoms with Crippen LogP contribution in [0.2, 0.25) is 0 Å². The van der Waals surface area contributed by atoms with Crippen LogP contribution in [0.1, 0.15) is 15.9 Å². The van der Waals surface area contributed by atoms with Gasteiger partial charge in [0.25, 0.3) is 5.78 Å². The largest absolute Gasteiger partial charge is 0.361 e. The Kier molecular flexibility index (Phi) is 2.86. The van der Waals surface area contributed by atoms with Crippen LogP contribution in [0.15, 0.2) is 42.5 Å². The van der Waals surface area contributed by atoms with E-state index in [0.29, 0.717) is 5.56 Å². The molecule has 3 rings (SSSR count). The number of rotatable bonds is 2. The maximum absolute atomic E-state index is 12.4. The van der Waals surface area contributed by atoms with E-state index < -0.39 is 11.7 Å². The van der Waals surface area contributed by atoms with Crippen molar-refractivity contribution in [3.05, 3.63) is 59.1 Å². The van der Waals surface area contributed by atoms with Gasteiger partial charge in [0, 0.05) is 5.56 Å². The van der Waals surface area contributed by atoms with E-state index in [1.807, 2.05) is 30.3 Å². The first kappa shape index (κ1) is 12.2. The van der Waals surface area contributed by atoms with Crippen LogP contribution in [0, 0.1) is 5.92 Å². The molecule has 0 aliphatic heterocycles. The SMILES string of the molecule is [N-]=[N+]=CC(=O)C1C=Cc2cc3ccccc3cc2C1=O. The Hall–Kier alpha value is -2.84. The predicted molar refractivity (Wildman–Crippen MR) is 75.5 cm³/mol. The molecule has 0 spiro atoms. The molecular weight excluding hydrogens is 252 g/mol. The first-order valence-corrected chi connectivity index (χ1v) is 6.17. The van der Waals surface area contributed by atoms with Gasteiger partial charge in [0.1, 0.15) is 5.92 Å². The van der Waals surface area contributed by atoms with E-state index in [2.05, 4.69) is 4.79 Å². The lowest BCUT2D eigenvalue weighted by atomic mass is 9.85. The Morgan fingerprint density at radius 3 is 2.60 bits per heavy atom. The standard InChI is InChI=1S/C16H10N2O2/c17-18-9-15(19)13-6-5-12-7-10-3-1-2-4-11(10)8-14(12)16(13)20/h1-9,13H. The van der Waals surface area contributed by atoms with Crippen molar-refractivity contribution in [2.24, 2.45) is 5.92 Å². The second-order valence-corrected chi connectivity index (χ2v) is 4.63. The lowest BCUT2D eigenvalue weighted by Gasteiger charge is -2.15. The van der Waals surface area contributed by atoms with E-state index in [1.165, 1.54) is 0 Å². The molecule has 1 aliphatic rings. The molecule has 2 aromatic rings. The monoisotopic (exact) mass is 262 g/mol. The number of benzene rings is 2. The molecule has 1 aliphatic carbocycles. The third-order valence-corrected chi connectivity index (χ3v) is 3.43. The molecule has 0 fully saturated rings. The van der Waals surface area contributed by atoms with E-state index in [4.69, 9.17) is 5.53 Å². The molecule has 0 saturated carbocycles.